The topological polar surface area (TPSA) is 87.7 Å². The minimum atomic E-state index is 0.367. The number of H-pyrrole nitrogens is 1. The molecule has 0 aliphatic heterocycles. The van der Waals surface area contributed by atoms with Crippen molar-refractivity contribution in [1.82, 2.24) is 15.1 Å². The molecule has 0 unspecified atom stereocenters. The van der Waals surface area contributed by atoms with E-state index < -0.39 is 0 Å². The molecular weight excluding hydrogens is 244 g/mol. The monoisotopic (exact) mass is 254 g/mol. The maximum atomic E-state index is 8.86. The molecule has 19 heavy (non-hydrogen) atoms. The SMILES string of the molecule is COCc1cc(-c2nc3ccc(C#N)cc3[nH]2)no1. The van der Waals surface area contributed by atoms with Gasteiger partial charge in [-0.1, -0.05) is 5.16 Å². The Morgan fingerprint density at radius 1 is 1.42 bits per heavy atom. The Morgan fingerprint density at radius 3 is 3.11 bits per heavy atom. The highest BCUT2D eigenvalue weighted by Gasteiger charge is 2.11. The van der Waals surface area contributed by atoms with E-state index in [-0.39, 0.29) is 0 Å². The first kappa shape index (κ1) is 11.4. The standard InChI is InChI=1S/C13H10N4O2/c1-18-7-9-5-12(17-19-9)13-15-10-3-2-8(6-14)4-11(10)16-13/h2-5H,7H2,1H3,(H,15,16). The van der Waals surface area contributed by atoms with Gasteiger partial charge in [0.05, 0.1) is 22.7 Å². The van der Waals surface area contributed by atoms with Crippen molar-refractivity contribution in [3.8, 4) is 17.6 Å². The maximum absolute atomic E-state index is 8.86. The van der Waals surface area contributed by atoms with Crippen molar-refractivity contribution in [1.29, 1.82) is 5.26 Å². The van der Waals surface area contributed by atoms with Gasteiger partial charge in [0.25, 0.3) is 0 Å². The van der Waals surface area contributed by atoms with Crippen LogP contribution >= 0.6 is 0 Å². The molecule has 2 heterocycles. The Labute approximate surface area is 108 Å². The Bertz CT molecular complexity index is 766. The summed E-state index contributed by atoms with van der Waals surface area (Å²) in [4.78, 5) is 7.52. The van der Waals surface area contributed by atoms with Crippen LogP contribution in [0.1, 0.15) is 11.3 Å². The van der Waals surface area contributed by atoms with Gasteiger partial charge in [0.1, 0.15) is 12.3 Å². The molecule has 0 amide bonds. The van der Waals surface area contributed by atoms with Crippen LogP contribution < -0.4 is 0 Å². The Kier molecular flexibility index (Phi) is 2.74. The van der Waals surface area contributed by atoms with E-state index in [1.165, 1.54) is 0 Å². The minimum Gasteiger partial charge on any atom is -0.377 e. The van der Waals surface area contributed by atoms with Crippen LogP contribution in [0, 0.1) is 11.3 Å². The summed E-state index contributed by atoms with van der Waals surface area (Å²) in [6.07, 6.45) is 0. The van der Waals surface area contributed by atoms with Crippen molar-refractivity contribution in [3.05, 3.63) is 35.6 Å². The largest absolute Gasteiger partial charge is 0.377 e. The summed E-state index contributed by atoms with van der Waals surface area (Å²) in [6.45, 7) is 0.367. The number of methoxy groups -OCH3 is 1. The van der Waals surface area contributed by atoms with Crippen molar-refractivity contribution in [2.75, 3.05) is 7.11 Å². The van der Waals surface area contributed by atoms with E-state index in [1.807, 2.05) is 0 Å². The third-order valence-electron chi connectivity index (χ3n) is 2.70. The molecule has 3 rings (SSSR count). The van der Waals surface area contributed by atoms with Crippen LogP contribution in [0.4, 0.5) is 0 Å². The predicted molar refractivity (Wildman–Crippen MR) is 67.0 cm³/mol. The number of rotatable bonds is 3. The Hall–Kier alpha value is -2.65. The molecule has 0 fully saturated rings. The summed E-state index contributed by atoms with van der Waals surface area (Å²) >= 11 is 0. The molecule has 1 N–H and O–H groups in total. The van der Waals surface area contributed by atoms with Gasteiger partial charge in [0.15, 0.2) is 11.6 Å². The summed E-state index contributed by atoms with van der Waals surface area (Å²) < 4.78 is 10.1. The second-order valence-corrected chi connectivity index (χ2v) is 4.04. The van der Waals surface area contributed by atoms with Crippen LogP contribution in [-0.4, -0.2) is 22.2 Å². The molecule has 3 aromatic rings. The fourth-order valence-corrected chi connectivity index (χ4v) is 1.84. The first-order valence-corrected chi connectivity index (χ1v) is 5.65. The molecule has 94 valence electrons. The number of aromatic amines is 1. The molecule has 1 aromatic carbocycles. The minimum absolute atomic E-state index is 0.367. The number of aromatic nitrogens is 3. The van der Waals surface area contributed by atoms with Crippen LogP contribution in [0.2, 0.25) is 0 Å². The van der Waals surface area contributed by atoms with E-state index >= 15 is 0 Å². The number of benzene rings is 1. The van der Waals surface area contributed by atoms with Gasteiger partial charge in [-0.25, -0.2) is 4.98 Å². The number of ether oxygens (including phenoxy) is 1. The normalized spacial score (nSPS) is 10.7. The van der Waals surface area contributed by atoms with Gasteiger partial charge >= 0.3 is 0 Å². The van der Waals surface area contributed by atoms with E-state index in [1.54, 1.807) is 31.4 Å². The first-order valence-electron chi connectivity index (χ1n) is 5.65. The van der Waals surface area contributed by atoms with Gasteiger partial charge in [-0.05, 0) is 18.2 Å². The van der Waals surface area contributed by atoms with Gasteiger partial charge in [-0.15, -0.1) is 0 Å². The first-order chi connectivity index (χ1) is 9.30. The fraction of sp³-hybridized carbons (Fsp3) is 0.154. The van der Waals surface area contributed by atoms with Crippen molar-refractivity contribution in [2.45, 2.75) is 6.61 Å². The van der Waals surface area contributed by atoms with Crippen molar-refractivity contribution in [2.24, 2.45) is 0 Å². The number of nitriles is 1. The molecule has 6 nitrogen and oxygen atoms in total. The van der Waals surface area contributed by atoms with E-state index in [0.717, 1.165) is 11.0 Å². The van der Waals surface area contributed by atoms with Gasteiger partial charge < -0.3 is 14.2 Å². The summed E-state index contributed by atoms with van der Waals surface area (Å²) in [5.41, 5.74) is 2.78. The maximum Gasteiger partial charge on any atom is 0.163 e. The molecule has 0 bridgehead atoms. The molecule has 0 saturated heterocycles. The third-order valence-corrected chi connectivity index (χ3v) is 2.70. The fourth-order valence-electron chi connectivity index (χ4n) is 1.84. The zero-order chi connectivity index (χ0) is 13.2. The molecule has 0 aliphatic rings. The molecular formula is C13H10N4O2. The van der Waals surface area contributed by atoms with Crippen LogP contribution in [0.15, 0.2) is 28.8 Å². The van der Waals surface area contributed by atoms with E-state index in [2.05, 4.69) is 21.2 Å². The highest BCUT2D eigenvalue weighted by Crippen LogP contribution is 2.21. The quantitative estimate of drug-likeness (QED) is 0.774. The molecule has 0 radical (unpaired) electrons. The van der Waals surface area contributed by atoms with E-state index in [0.29, 0.717) is 29.4 Å². The molecule has 0 aliphatic carbocycles. The third kappa shape index (κ3) is 2.07. The number of hydrogen-bond acceptors (Lipinski definition) is 5. The molecule has 6 heteroatoms. The summed E-state index contributed by atoms with van der Waals surface area (Å²) in [7, 11) is 1.59. The van der Waals surface area contributed by atoms with Crippen molar-refractivity contribution >= 4 is 11.0 Å². The molecule has 0 atom stereocenters. The van der Waals surface area contributed by atoms with E-state index in [4.69, 9.17) is 14.5 Å². The number of imidazole rings is 1. The molecule has 0 saturated carbocycles. The van der Waals surface area contributed by atoms with Gasteiger partial charge in [-0.3, -0.25) is 0 Å². The smallest absolute Gasteiger partial charge is 0.163 e. The Morgan fingerprint density at radius 2 is 2.32 bits per heavy atom. The lowest BCUT2D eigenvalue weighted by Crippen LogP contribution is -1.82. The second kappa shape index (κ2) is 4.55. The number of fused-ring (bicyclic) bond motifs is 1. The van der Waals surface area contributed by atoms with Crippen LogP contribution in [0.25, 0.3) is 22.6 Å². The number of hydrogen-bond donors (Lipinski definition) is 1. The lowest BCUT2D eigenvalue weighted by atomic mass is 10.2. The zero-order valence-electron chi connectivity index (χ0n) is 10.2. The summed E-state index contributed by atoms with van der Waals surface area (Å²) in [6, 6.07) is 9.14. The van der Waals surface area contributed by atoms with Crippen LogP contribution in [-0.2, 0) is 11.3 Å². The molecule has 0 spiro atoms. The lowest BCUT2D eigenvalue weighted by molar-refractivity contribution is 0.156. The zero-order valence-corrected chi connectivity index (χ0v) is 10.2. The van der Waals surface area contributed by atoms with Gasteiger partial charge in [-0.2, -0.15) is 5.26 Å². The van der Waals surface area contributed by atoms with Crippen molar-refractivity contribution < 1.29 is 9.26 Å². The highest BCUT2D eigenvalue weighted by atomic mass is 16.5. The second-order valence-electron chi connectivity index (χ2n) is 4.04. The van der Waals surface area contributed by atoms with Crippen molar-refractivity contribution in [3.63, 3.8) is 0 Å². The van der Waals surface area contributed by atoms with Gasteiger partial charge in [0, 0.05) is 13.2 Å². The lowest BCUT2D eigenvalue weighted by Gasteiger charge is -1.87. The average Bonchev–Trinajstić information content (AvgIpc) is 3.03. The average molecular weight is 254 g/mol. The highest BCUT2D eigenvalue weighted by molar-refractivity contribution is 5.80. The molecule has 2 aromatic heterocycles. The number of nitrogens with one attached hydrogen (secondary N) is 1. The summed E-state index contributed by atoms with van der Waals surface area (Å²) in [5, 5.41) is 12.8. The van der Waals surface area contributed by atoms with Crippen LogP contribution in [0.5, 0.6) is 0 Å². The van der Waals surface area contributed by atoms with Crippen LogP contribution in [0.3, 0.4) is 0 Å². The Balaban J connectivity index is 2.02. The number of nitrogens with zero attached hydrogens (tertiary/aromatic N) is 3. The van der Waals surface area contributed by atoms with E-state index in [9.17, 15) is 0 Å². The predicted octanol–water partition coefficient (Wildman–Crippen LogP) is 2.24. The van der Waals surface area contributed by atoms with Gasteiger partial charge in [0.2, 0.25) is 0 Å². The summed E-state index contributed by atoms with van der Waals surface area (Å²) in [5.74, 6) is 1.24.